The van der Waals surface area contributed by atoms with Crippen molar-refractivity contribution in [2.45, 2.75) is 6.23 Å². The molecule has 8 nitrogen and oxygen atoms in total. The third kappa shape index (κ3) is 4.98. The van der Waals surface area contributed by atoms with E-state index in [1.807, 2.05) is 5.32 Å². The Morgan fingerprint density at radius 3 is 2.46 bits per heavy atom. The van der Waals surface area contributed by atoms with E-state index in [0.29, 0.717) is 0 Å². The maximum absolute atomic E-state index is 10.8. The molecule has 9 heteroatoms. The zero-order chi connectivity index (χ0) is 10.4. The number of rotatable bonds is 4. The summed E-state index contributed by atoms with van der Waals surface area (Å²) in [6.07, 6.45) is -1.61. The fraction of sp³-hybridized carbons (Fsp3) is 0.500. The number of nitrogens with one attached hydrogen (secondary N) is 2. The van der Waals surface area contributed by atoms with Crippen molar-refractivity contribution in [2.75, 3.05) is 7.11 Å². The first kappa shape index (κ1) is 11.6. The summed E-state index contributed by atoms with van der Waals surface area (Å²) in [6.45, 7) is 0. The second kappa shape index (κ2) is 5.32. The minimum Gasteiger partial charge on any atom is -0.466 e. The number of nitrogens with two attached hydrogens (primary N) is 1. The molecule has 0 amide bonds. The molecule has 1 unspecified atom stereocenters. The Balaban J connectivity index is 4.35. The highest BCUT2D eigenvalue weighted by Crippen LogP contribution is 1.90. The molecule has 0 saturated carbocycles. The Kier molecular flexibility index (Phi) is 4.77. The lowest BCUT2D eigenvalue weighted by molar-refractivity contribution is -0.149. The standard InChI is InChI=1S/C4H9N3O5S/c1-11-3(8)2(7-4(5)6)12-13(9)10/h2,13H,1H3,(H4,5,6,7). The first-order chi connectivity index (χ1) is 5.97. The van der Waals surface area contributed by atoms with Gasteiger partial charge in [0.2, 0.25) is 6.23 Å². The largest absolute Gasteiger partial charge is 0.466 e. The molecule has 13 heavy (non-hydrogen) atoms. The van der Waals surface area contributed by atoms with E-state index >= 15 is 0 Å². The maximum Gasteiger partial charge on any atom is 0.357 e. The molecular formula is C4H9N3O5S. The molecule has 0 aliphatic carbocycles. The van der Waals surface area contributed by atoms with Crippen LogP contribution < -0.4 is 11.1 Å². The van der Waals surface area contributed by atoms with Gasteiger partial charge < -0.3 is 15.8 Å². The van der Waals surface area contributed by atoms with Crippen LogP contribution in [0.5, 0.6) is 0 Å². The Morgan fingerprint density at radius 2 is 2.15 bits per heavy atom. The van der Waals surface area contributed by atoms with Gasteiger partial charge in [0.1, 0.15) is 0 Å². The van der Waals surface area contributed by atoms with Crippen molar-refractivity contribution < 1.29 is 22.1 Å². The smallest absolute Gasteiger partial charge is 0.357 e. The van der Waals surface area contributed by atoms with Gasteiger partial charge in [-0.2, -0.15) is 0 Å². The molecule has 0 spiro atoms. The maximum atomic E-state index is 10.8. The van der Waals surface area contributed by atoms with Crippen LogP contribution in [0.1, 0.15) is 0 Å². The van der Waals surface area contributed by atoms with Crippen LogP contribution in [0.3, 0.4) is 0 Å². The number of ether oxygens (including phenoxy) is 1. The van der Waals surface area contributed by atoms with Gasteiger partial charge in [-0.1, -0.05) is 0 Å². The summed E-state index contributed by atoms with van der Waals surface area (Å²) in [5, 5.41) is 8.66. The van der Waals surface area contributed by atoms with E-state index in [0.717, 1.165) is 7.11 Å². The van der Waals surface area contributed by atoms with Crippen molar-refractivity contribution in [3.8, 4) is 0 Å². The van der Waals surface area contributed by atoms with E-state index in [9.17, 15) is 13.2 Å². The van der Waals surface area contributed by atoms with Gasteiger partial charge in [-0.05, 0) is 0 Å². The van der Waals surface area contributed by atoms with Gasteiger partial charge >= 0.3 is 5.97 Å². The number of carbonyl (C=O) groups excluding carboxylic acids is 1. The van der Waals surface area contributed by atoms with E-state index < -0.39 is 29.1 Å². The number of methoxy groups -OCH3 is 1. The van der Waals surface area contributed by atoms with Crippen LogP contribution in [0, 0.1) is 5.41 Å². The van der Waals surface area contributed by atoms with Gasteiger partial charge in [-0.25, -0.2) is 17.4 Å². The van der Waals surface area contributed by atoms with Gasteiger partial charge in [-0.3, -0.25) is 5.41 Å². The molecule has 4 N–H and O–H groups in total. The molecule has 0 rings (SSSR count). The highest BCUT2D eigenvalue weighted by atomic mass is 32.2. The Hall–Kier alpha value is -1.35. The molecule has 0 saturated heterocycles. The van der Waals surface area contributed by atoms with E-state index in [1.165, 1.54) is 0 Å². The first-order valence-electron chi connectivity index (χ1n) is 2.97. The number of thiol groups is 1. The molecule has 0 radical (unpaired) electrons. The van der Waals surface area contributed by atoms with E-state index in [2.05, 4.69) is 8.92 Å². The van der Waals surface area contributed by atoms with Crippen LogP contribution in [0.15, 0.2) is 0 Å². The summed E-state index contributed by atoms with van der Waals surface area (Å²) in [5.74, 6) is -1.60. The average Bonchev–Trinajstić information content (AvgIpc) is 2.00. The molecule has 0 aliphatic rings. The van der Waals surface area contributed by atoms with Gasteiger partial charge in [0.05, 0.1) is 7.11 Å². The lowest BCUT2D eigenvalue weighted by Crippen LogP contribution is -2.46. The summed E-state index contributed by atoms with van der Waals surface area (Å²) >= 11 is 0. The van der Waals surface area contributed by atoms with Crippen molar-refractivity contribution >= 4 is 22.9 Å². The van der Waals surface area contributed by atoms with E-state index in [-0.39, 0.29) is 0 Å². The van der Waals surface area contributed by atoms with Crippen molar-refractivity contribution in [2.24, 2.45) is 5.73 Å². The first-order valence-corrected chi connectivity index (χ1v) is 4.06. The Labute approximate surface area is 75.7 Å². The van der Waals surface area contributed by atoms with Crippen LogP contribution in [0.25, 0.3) is 0 Å². The Bertz CT molecular complexity index is 267. The van der Waals surface area contributed by atoms with Gasteiger partial charge in [0, 0.05) is 0 Å². The quantitative estimate of drug-likeness (QED) is 0.133. The highest BCUT2D eigenvalue weighted by molar-refractivity contribution is 7.67. The number of carbonyl (C=O) groups is 1. The van der Waals surface area contributed by atoms with Crippen molar-refractivity contribution in [1.29, 1.82) is 5.41 Å². The minimum atomic E-state index is -3.22. The summed E-state index contributed by atoms with van der Waals surface area (Å²) in [7, 11) is -2.18. The molecule has 0 bridgehead atoms. The van der Waals surface area contributed by atoms with Gasteiger partial charge in [0.15, 0.2) is 5.96 Å². The number of hydrogen-bond donors (Lipinski definition) is 4. The molecule has 1 atom stereocenters. The molecular weight excluding hydrogens is 202 g/mol. The molecule has 0 heterocycles. The van der Waals surface area contributed by atoms with E-state index in [1.54, 1.807) is 0 Å². The summed E-state index contributed by atoms with van der Waals surface area (Å²) in [6, 6.07) is 0. The predicted octanol–water partition coefficient (Wildman–Crippen LogP) is -2.49. The average molecular weight is 211 g/mol. The minimum absolute atomic E-state index is 0.604. The molecule has 76 valence electrons. The van der Waals surface area contributed by atoms with Crippen LogP contribution in [0.4, 0.5) is 0 Å². The van der Waals surface area contributed by atoms with Crippen LogP contribution in [-0.4, -0.2) is 33.7 Å². The zero-order valence-corrected chi connectivity index (χ0v) is 7.54. The lowest BCUT2D eigenvalue weighted by atomic mass is 10.6. The second-order valence-corrected chi connectivity index (χ2v) is 2.45. The molecule has 0 aromatic heterocycles. The third-order valence-electron chi connectivity index (χ3n) is 0.893. The third-order valence-corrected chi connectivity index (χ3v) is 1.28. The molecule has 0 fully saturated rings. The summed E-state index contributed by atoms with van der Waals surface area (Å²) in [4.78, 5) is 10.8. The summed E-state index contributed by atoms with van der Waals surface area (Å²) in [5.41, 5.74) is 4.85. The summed E-state index contributed by atoms with van der Waals surface area (Å²) < 4.78 is 28.4. The van der Waals surface area contributed by atoms with Crippen LogP contribution in [0.2, 0.25) is 0 Å². The SMILES string of the molecule is COC(=O)C(NC(=N)N)O[SH](=O)=O. The fourth-order valence-electron chi connectivity index (χ4n) is 0.463. The fourth-order valence-corrected chi connectivity index (χ4v) is 0.774. The second-order valence-electron chi connectivity index (χ2n) is 1.79. The zero-order valence-electron chi connectivity index (χ0n) is 6.64. The Morgan fingerprint density at radius 1 is 1.62 bits per heavy atom. The predicted molar refractivity (Wildman–Crippen MR) is 42.3 cm³/mol. The van der Waals surface area contributed by atoms with Crippen molar-refractivity contribution in [1.82, 2.24) is 5.32 Å². The number of guanidine groups is 1. The lowest BCUT2D eigenvalue weighted by Gasteiger charge is -2.12. The van der Waals surface area contributed by atoms with Crippen LogP contribution in [-0.2, 0) is 24.7 Å². The van der Waals surface area contributed by atoms with Crippen molar-refractivity contribution in [3.05, 3.63) is 0 Å². The van der Waals surface area contributed by atoms with Gasteiger partial charge in [0.25, 0.3) is 11.0 Å². The highest BCUT2D eigenvalue weighted by Gasteiger charge is 2.21. The van der Waals surface area contributed by atoms with Gasteiger partial charge in [-0.15, -0.1) is 0 Å². The van der Waals surface area contributed by atoms with E-state index in [4.69, 9.17) is 11.1 Å². The normalized spacial score (nSPS) is 12.2. The monoisotopic (exact) mass is 211 g/mol. The molecule has 0 aromatic carbocycles. The molecule has 0 aromatic rings. The van der Waals surface area contributed by atoms with Crippen LogP contribution >= 0.6 is 0 Å². The molecule has 0 aliphatic heterocycles. The topological polar surface area (TPSA) is 132 Å². The number of esters is 1. The van der Waals surface area contributed by atoms with Crippen molar-refractivity contribution in [3.63, 3.8) is 0 Å². The number of hydrogen-bond acceptors (Lipinski definition) is 6.